The molecule has 2 N–H and O–H groups in total. The van der Waals surface area contributed by atoms with Crippen LogP contribution in [0.4, 0.5) is 5.82 Å². The van der Waals surface area contributed by atoms with Crippen LogP contribution in [0.25, 0.3) is 22.6 Å². The summed E-state index contributed by atoms with van der Waals surface area (Å²) in [4.78, 5) is 25.4. The van der Waals surface area contributed by atoms with Gasteiger partial charge in [0, 0.05) is 18.1 Å². The van der Waals surface area contributed by atoms with Gasteiger partial charge < -0.3 is 19.7 Å². The number of anilines is 1. The van der Waals surface area contributed by atoms with Gasteiger partial charge in [-0.05, 0) is 56.0 Å². The van der Waals surface area contributed by atoms with E-state index < -0.39 is 5.97 Å². The van der Waals surface area contributed by atoms with Crippen LogP contribution in [0.1, 0.15) is 47.9 Å². The Morgan fingerprint density at radius 3 is 2.64 bits per heavy atom. The molecular formula is C27H28ClN5O3. The summed E-state index contributed by atoms with van der Waals surface area (Å²) in [5, 5.41) is 13.7. The van der Waals surface area contributed by atoms with E-state index >= 15 is 0 Å². The molecule has 0 spiro atoms. The van der Waals surface area contributed by atoms with E-state index in [2.05, 4.69) is 15.3 Å². The smallest absolute Gasteiger partial charge is 0.374 e. The molecule has 36 heavy (non-hydrogen) atoms. The van der Waals surface area contributed by atoms with Crippen LogP contribution >= 0.6 is 11.6 Å². The van der Waals surface area contributed by atoms with Crippen molar-refractivity contribution in [1.82, 2.24) is 19.5 Å². The fraction of sp³-hybridized carbons (Fsp3) is 0.333. The Morgan fingerprint density at radius 2 is 1.94 bits per heavy atom. The Balaban J connectivity index is 1.71. The Bertz CT molecular complexity index is 1410. The molecule has 2 aromatic carbocycles. The summed E-state index contributed by atoms with van der Waals surface area (Å²) in [6.45, 7) is 5.62. The normalized spacial score (nSPS) is 13.2. The fourth-order valence-electron chi connectivity index (χ4n) is 4.29. The summed E-state index contributed by atoms with van der Waals surface area (Å²) in [6, 6.07) is 13.6. The molecule has 1 aliphatic rings. The maximum Gasteiger partial charge on any atom is 0.374 e. The van der Waals surface area contributed by atoms with E-state index in [4.69, 9.17) is 21.3 Å². The SMILES string of the molecule is CCOc1ccc(C)cc1-c1nc2nc(C(=O)O)nc(NCCC3CC3)c2n1Cc1ccc(Cl)cc1. The number of carbonyl (C=O) groups is 1. The van der Waals surface area contributed by atoms with Gasteiger partial charge in [-0.25, -0.2) is 19.7 Å². The van der Waals surface area contributed by atoms with Gasteiger partial charge in [-0.2, -0.15) is 0 Å². The van der Waals surface area contributed by atoms with Crippen LogP contribution in [0.5, 0.6) is 5.75 Å². The van der Waals surface area contributed by atoms with E-state index in [0.717, 1.165) is 29.0 Å². The van der Waals surface area contributed by atoms with Crippen molar-refractivity contribution in [2.75, 3.05) is 18.5 Å². The second-order valence-corrected chi connectivity index (χ2v) is 9.55. The number of ether oxygens (including phenoxy) is 1. The average Bonchev–Trinajstić information content (AvgIpc) is 3.61. The van der Waals surface area contributed by atoms with Crippen molar-refractivity contribution in [3.05, 3.63) is 64.4 Å². The van der Waals surface area contributed by atoms with Crippen LogP contribution in [0.3, 0.4) is 0 Å². The molecule has 0 aliphatic heterocycles. The number of hydrogen-bond acceptors (Lipinski definition) is 6. The topological polar surface area (TPSA) is 102 Å². The van der Waals surface area contributed by atoms with Gasteiger partial charge in [0.2, 0.25) is 5.82 Å². The number of aromatic nitrogens is 4. The van der Waals surface area contributed by atoms with Crippen molar-refractivity contribution in [1.29, 1.82) is 0 Å². The van der Waals surface area contributed by atoms with E-state index in [-0.39, 0.29) is 5.82 Å². The van der Waals surface area contributed by atoms with Crippen molar-refractivity contribution in [2.24, 2.45) is 5.92 Å². The van der Waals surface area contributed by atoms with Gasteiger partial charge in [-0.3, -0.25) is 0 Å². The standard InChI is InChI=1S/C27H28ClN5O3/c1-3-36-21-11-4-16(2)14-20(21)26-32-24-22(33(26)15-18-7-9-19(28)10-8-18)23(29-13-12-17-5-6-17)30-25(31-24)27(34)35/h4,7-11,14,17H,3,5-6,12-13,15H2,1-2H3,(H,34,35)(H,29,30,31). The highest BCUT2D eigenvalue weighted by atomic mass is 35.5. The van der Waals surface area contributed by atoms with E-state index in [1.165, 1.54) is 12.8 Å². The van der Waals surface area contributed by atoms with Gasteiger partial charge in [0.15, 0.2) is 11.5 Å². The summed E-state index contributed by atoms with van der Waals surface area (Å²) >= 11 is 6.13. The molecule has 9 heteroatoms. The Kier molecular flexibility index (Phi) is 6.78. The number of fused-ring (bicyclic) bond motifs is 1. The first-order chi connectivity index (χ1) is 17.4. The number of carboxylic acid groups (broad SMARTS) is 1. The maximum absolute atomic E-state index is 11.8. The van der Waals surface area contributed by atoms with Crippen molar-refractivity contribution in [2.45, 2.75) is 39.7 Å². The van der Waals surface area contributed by atoms with Crippen molar-refractivity contribution in [3.8, 4) is 17.1 Å². The molecule has 0 unspecified atom stereocenters. The number of aryl methyl sites for hydroxylation is 1. The number of imidazole rings is 1. The second-order valence-electron chi connectivity index (χ2n) is 9.11. The van der Waals surface area contributed by atoms with Crippen LogP contribution in [0.15, 0.2) is 42.5 Å². The molecule has 1 saturated carbocycles. The highest BCUT2D eigenvalue weighted by Gasteiger charge is 2.25. The van der Waals surface area contributed by atoms with Crippen LogP contribution in [-0.4, -0.2) is 43.7 Å². The van der Waals surface area contributed by atoms with Crippen LogP contribution in [0, 0.1) is 12.8 Å². The van der Waals surface area contributed by atoms with E-state index in [1.807, 2.05) is 60.9 Å². The highest BCUT2D eigenvalue weighted by Crippen LogP contribution is 2.36. The lowest BCUT2D eigenvalue weighted by atomic mass is 10.1. The van der Waals surface area contributed by atoms with Crippen molar-refractivity contribution >= 4 is 34.6 Å². The first-order valence-corrected chi connectivity index (χ1v) is 12.5. The first-order valence-electron chi connectivity index (χ1n) is 12.2. The molecule has 1 aliphatic carbocycles. The van der Waals surface area contributed by atoms with Crippen molar-refractivity contribution in [3.63, 3.8) is 0 Å². The molecule has 0 atom stereocenters. The van der Waals surface area contributed by atoms with Gasteiger partial charge in [0.05, 0.1) is 12.2 Å². The lowest BCUT2D eigenvalue weighted by Crippen LogP contribution is -2.12. The molecule has 0 radical (unpaired) electrons. The molecule has 0 amide bonds. The number of hydrogen-bond donors (Lipinski definition) is 2. The van der Waals surface area contributed by atoms with Gasteiger partial charge in [0.25, 0.3) is 0 Å². The van der Waals surface area contributed by atoms with E-state index in [0.29, 0.717) is 53.3 Å². The minimum Gasteiger partial charge on any atom is -0.493 e. The molecule has 0 bridgehead atoms. The molecule has 186 valence electrons. The molecule has 0 saturated heterocycles. The third kappa shape index (κ3) is 5.14. The number of halogens is 1. The zero-order valence-corrected chi connectivity index (χ0v) is 21.0. The number of rotatable bonds is 10. The molecule has 4 aromatic rings. The maximum atomic E-state index is 11.8. The Labute approximate surface area is 214 Å². The molecule has 8 nitrogen and oxygen atoms in total. The zero-order valence-electron chi connectivity index (χ0n) is 20.3. The van der Waals surface area contributed by atoms with Gasteiger partial charge in [-0.1, -0.05) is 48.2 Å². The number of nitrogens with one attached hydrogen (secondary N) is 1. The molecule has 5 rings (SSSR count). The minimum absolute atomic E-state index is 0.284. The van der Waals surface area contributed by atoms with Gasteiger partial charge in [-0.15, -0.1) is 0 Å². The Morgan fingerprint density at radius 1 is 1.17 bits per heavy atom. The second kappa shape index (κ2) is 10.1. The number of carboxylic acids is 1. The molecule has 2 aromatic heterocycles. The number of nitrogens with zero attached hydrogens (tertiary/aromatic N) is 4. The first kappa shape index (κ1) is 24.1. The average molecular weight is 506 g/mol. The third-order valence-corrected chi connectivity index (χ3v) is 6.52. The summed E-state index contributed by atoms with van der Waals surface area (Å²) in [6.07, 6.45) is 3.50. The fourth-order valence-corrected chi connectivity index (χ4v) is 4.41. The largest absolute Gasteiger partial charge is 0.493 e. The lowest BCUT2D eigenvalue weighted by molar-refractivity contribution is 0.0684. The highest BCUT2D eigenvalue weighted by molar-refractivity contribution is 6.30. The predicted octanol–water partition coefficient (Wildman–Crippen LogP) is 5.81. The summed E-state index contributed by atoms with van der Waals surface area (Å²) in [5.41, 5.74) is 3.86. The predicted molar refractivity (Wildman–Crippen MR) is 140 cm³/mol. The summed E-state index contributed by atoms with van der Waals surface area (Å²) in [7, 11) is 0. The monoisotopic (exact) mass is 505 g/mol. The summed E-state index contributed by atoms with van der Waals surface area (Å²) < 4.78 is 7.97. The minimum atomic E-state index is -1.19. The zero-order chi connectivity index (χ0) is 25.2. The number of aromatic carboxylic acids is 1. The molecular weight excluding hydrogens is 478 g/mol. The molecule has 1 fully saturated rings. The molecule has 2 heterocycles. The van der Waals surface area contributed by atoms with E-state index in [9.17, 15) is 9.90 Å². The van der Waals surface area contributed by atoms with Crippen LogP contribution in [0.2, 0.25) is 5.02 Å². The van der Waals surface area contributed by atoms with E-state index in [1.54, 1.807) is 0 Å². The number of benzene rings is 2. The van der Waals surface area contributed by atoms with Crippen LogP contribution in [-0.2, 0) is 6.54 Å². The summed E-state index contributed by atoms with van der Waals surface area (Å²) in [5.74, 6) is 1.05. The third-order valence-electron chi connectivity index (χ3n) is 6.27. The van der Waals surface area contributed by atoms with Gasteiger partial charge in [0.1, 0.15) is 17.1 Å². The van der Waals surface area contributed by atoms with Gasteiger partial charge >= 0.3 is 5.97 Å². The Hall–Kier alpha value is -3.65. The quantitative estimate of drug-likeness (QED) is 0.280. The lowest BCUT2D eigenvalue weighted by Gasteiger charge is -2.15. The van der Waals surface area contributed by atoms with Crippen LogP contribution < -0.4 is 10.1 Å². The van der Waals surface area contributed by atoms with Crippen molar-refractivity contribution < 1.29 is 14.6 Å².